The lowest BCUT2D eigenvalue weighted by Gasteiger charge is -2.07. The summed E-state index contributed by atoms with van der Waals surface area (Å²) in [6, 6.07) is 14.0. The minimum Gasteiger partial charge on any atom is -0.326 e. The Kier molecular flexibility index (Phi) is 3.92. The van der Waals surface area contributed by atoms with Crippen LogP contribution in [0, 0.1) is 13.8 Å². The average molecular weight is 293 g/mol. The Bertz CT molecular complexity index is 820. The number of amides is 1. The van der Waals surface area contributed by atoms with Gasteiger partial charge >= 0.3 is 0 Å². The first-order valence-corrected chi connectivity index (χ1v) is 7.40. The highest BCUT2D eigenvalue weighted by Gasteiger charge is 2.06. The van der Waals surface area contributed by atoms with Crippen molar-refractivity contribution in [1.82, 2.24) is 9.78 Å². The van der Waals surface area contributed by atoms with E-state index in [1.165, 1.54) is 5.56 Å². The van der Waals surface area contributed by atoms with Gasteiger partial charge in [-0.15, -0.1) is 0 Å². The van der Waals surface area contributed by atoms with Crippen LogP contribution in [-0.2, 0) is 11.3 Å². The van der Waals surface area contributed by atoms with Crippen LogP contribution in [0.5, 0.6) is 0 Å². The molecule has 0 atom stereocenters. The summed E-state index contributed by atoms with van der Waals surface area (Å²) in [5, 5.41) is 8.39. The number of carbonyl (C=O) groups excluding carboxylic acids is 1. The summed E-state index contributed by atoms with van der Waals surface area (Å²) < 4.78 is 1.89. The molecule has 4 heteroatoms. The number of nitrogens with zero attached hydrogens (tertiary/aromatic N) is 2. The first-order valence-electron chi connectivity index (χ1n) is 7.40. The van der Waals surface area contributed by atoms with Crippen molar-refractivity contribution in [3.63, 3.8) is 0 Å². The van der Waals surface area contributed by atoms with E-state index in [4.69, 9.17) is 0 Å². The molecule has 2 aromatic carbocycles. The fourth-order valence-corrected chi connectivity index (χ4v) is 2.51. The van der Waals surface area contributed by atoms with Crippen LogP contribution < -0.4 is 5.32 Å². The SMILES string of the molecule is Cc1cccc(NC(=O)CCn2ncc3ccc(C)cc32)c1. The molecule has 1 aromatic heterocycles. The van der Waals surface area contributed by atoms with Crippen LogP contribution in [0.4, 0.5) is 5.69 Å². The second-order valence-corrected chi connectivity index (χ2v) is 5.60. The zero-order valence-electron chi connectivity index (χ0n) is 12.8. The number of nitrogens with one attached hydrogen (secondary N) is 1. The summed E-state index contributed by atoms with van der Waals surface area (Å²) in [6.45, 7) is 4.64. The molecule has 0 fully saturated rings. The maximum absolute atomic E-state index is 12.1. The number of carbonyl (C=O) groups is 1. The zero-order chi connectivity index (χ0) is 15.5. The highest BCUT2D eigenvalue weighted by Crippen LogP contribution is 2.16. The summed E-state index contributed by atoms with van der Waals surface area (Å²) in [5.74, 6) is 0.00176. The van der Waals surface area contributed by atoms with Crippen molar-refractivity contribution in [2.24, 2.45) is 0 Å². The van der Waals surface area contributed by atoms with Gasteiger partial charge < -0.3 is 5.32 Å². The number of aryl methyl sites for hydroxylation is 3. The van der Waals surface area contributed by atoms with E-state index in [1.54, 1.807) is 0 Å². The number of fused-ring (bicyclic) bond motifs is 1. The Morgan fingerprint density at radius 3 is 2.77 bits per heavy atom. The van der Waals surface area contributed by atoms with Crippen LogP contribution in [0.1, 0.15) is 17.5 Å². The highest BCUT2D eigenvalue weighted by molar-refractivity contribution is 5.90. The molecule has 0 saturated heterocycles. The van der Waals surface area contributed by atoms with E-state index in [2.05, 4.69) is 35.5 Å². The minimum atomic E-state index is 0.00176. The van der Waals surface area contributed by atoms with Gasteiger partial charge in [-0.2, -0.15) is 5.10 Å². The van der Waals surface area contributed by atoms with Gasteiger partial charge in [0, 0.05) is 17.5 Å². The van der Waals surface area contributed by atoms with Crippen molar-refractivity contribution in [3.05, 3.63) is 59.8 Å². The summed E-state index contributed by atoms with van der Waals surface area (Å²) in [6.07, 6.45) is 2.24. The predicted octanol–water partition coefficient (Wildman–Crippen LogP) is 3.68. The molecule has 0 aliphatic rings. The molecule has 0 aliphatic heterocycles. The lowest BCUT2D eigenvalue weighted by molar-refractivity contribution is -0.116. The third-order valence-electron chi connectivity index (χ3n) is 3.65. The van der Waals surface area contributed by atoms with Gasteiger partial charge in [0.25, 0.3) is 0 Å². The number of anilines is 1. The van der Waals surface area contributed by atoms with Crippen LogP contribution in [0.3, 0.4) is 0 Å². The molecule has 1 heterocycles. The van der Waals surface area contributed by atoms with Crippen LogP contribution >= 0.6 is 0 Å². The fraction of sp³-hybridized carbons (Fsp3) is 0.222. The molecule has 0 aliphatic carbocycles. The van der Waals surface area contributed by atoms with Crippen molar-refractivity contribution >= 4 is 22.5 Å². The molecule has 112 valence electrons. The molecule has 3 aromatic rings. The molecule has 0 unspecified atom stereocenters. The van der Waals surface area contributed by atoms with Crippen LogP contribution in [-0.4, -0.2) is 15.7 Å². The monoisotopic (exact) mass is 293 g/mol. The quantitative estimate of drug-likeness (QED) is 0.797. The lowest BCUT2D eigenvalue weighted by Crippen LogP contribution is -2.15. The van der Waals surface area contributed by atoms with Crippen LogP contribution in [0.25, 0.3) is 10.9 Å². The molecular formula is C18H19N3O. The first-order chi connectivity index (χ1) is 10.6. The number of rotatable bonds is 4. The van der Waals surface area contributed by atoms with E-state index >= 15 is 0 Å². The normalized spacial score (nSPS) is 10.8. The van der Waals surface area contributed by atoms with Gasteiger partial charge in [-0.05, 0) is 43.2 Å². The smallest absolute Gasteiger partial charge is 0.226 e. The maximum Gasteiger partial charge on any atom is 0.226 e. The second kappa shape index (κ2) is 6.02. The molecule has 0 saturated carbocycles. The number of hydrogen-bond acceptors (Lipinski definition) is 2. The van der Waals surface area contributed by atoms with Gasteiger partial charge in [-0.25, -0.2) is 0 Å². The summed E-state index contributed by atoms with van der Waals surface area (Å²) in [4.78, 5) is 12.1. The standard InChI is InChI=1S/C18H19N3O/c1-13-4-3-5-16(10-13)20-18(22)8-9-21-17-11-14(2)6-7-15(17)12-19-21/h3-7,10-12H,8-9H2,1-2H3,(H,20,22). The highest BCUT2D eigenvalue weighted by atomic mass is 16.1. The Morgan fingerprint density at radius 2 is 1.95 bits per heavy atom. The van der Waals surface area contributed by atoms with Gasteiger partial charge in [0.15, 0.2) is 0 Å². The Hall–Kier alpha value is -2.62. The molecule has 4 nitrogen and oxygen atoms in total. The molecule has 1 amide bonds. The van der Waals surface area contributed by atoms with Gasteiger partial charge in [0.05, 0.1) is 18.3 Å². The van der Waals surface area contributed by atoms with Crippen molar-refractivity contribution in [2.75, 3.05) is 5.32 Å². The molecule has 3 rings (SSSR count). The van der Waals surface area contributed by atoms with Crippen LogP contribution in [0.2, 0.25) is 0 Å². The molecule has 0 radical (unpaired) electrons. The largest absolute Gasteiger partial charge is 0.326 e. The average Bonchev–Trinajstić information content (AvgIpc) is 2.87. The second-order valence-electron chi connectivity index (χ2n) is 5.60. The van der Waals surface area contributed by atoms with Gasteiger partial charge in [0.1, 0.15) is 0 Å². The Morgan fingerprint density at radius 1 is 1.14 bits per heavy atom. The first kappa shape index (κ1) is 14.3. The topological polar surface area (TPSA) is 46.9 Å². The van der Waals surface area contributed by atoms with Crippen molar-refractivity contribution in [3.8, 4) is 0 Å². The molecule has 0 bridgehead atoms. The van der Waals surface area contributed by atoms with E-state index in [-0.39, 0.29) is 5.91 Å². The zero-order valence-corrected chi connectivity index (χ0v) is 12.8. The number of benzene rings is 2. The van der Waals surface area contributed by atoms with Crippen molar-refractivity contribution in [1.29, 1.82) is 0 Å². The number of aromatic nitrogens is 2. The fourth-order valence-electron chi connectivity index (χ4n) is 2.51. The van der Waals surface area contributed by atoms with Gasteiger partial charge in [-0.1, -0.05) is 24.3 Å². The third kappa shape index (κ3) is 3.17. The van der Waals surface area contributed by atoms with Crippen molar-refractivity contribution < 1.29 is 4.79 Å². The van der Waals surface area contributed by atoms with E-state index < -0.39 is 0 Å². The number of hydrogen-bond donors (Lipinski definition) is 1. The van der Waals surface area contributed by atoms with E-state index in [9.17, 15) is 4.79 Å². The molecule has 1 N–H and O–H groups in total. The minimum absolute atomic E-state index is 0.00176. The van der Waals surface area contributed by atoms with E-state index in [0.29, 0.717) is 13.0 Å². The third-order valence-corrected chi connectivity index (χ3v) is 3.65. The Balaban J connectivity index is 1.66. The Labute approximate surface area is 129 Å². The maximum atomic E-state index is 12.1. The van der Waals surface area contributed by atoms with Gasteiger partial charge in [-0.3, -0.25) is 9.48 Å². The summed E-state index contributed by atoms with van der Waals surface area (Å²) in [7, 11) is 0. The van der Waals surface area contributed by atoms with Crippen molar-refractivity contribution in [2.45, 2.75) is 26.8 Å². The lowest BCUT2D eigenvalue weighted by atomic mass is 10.2. The summed E-state index contributed by atoms with van der Waals surface area (Å²) in [5.41, 5.74) is 4.24. The van der Waals surface area contributed by atoms with E-state index in [0.717, 1.165) is 22.2 Å². The van der Waals surface area contributed by atoms with Gasteiger partial charge in [0.2, 0.25) is 5.91 Å². The molecule has 22 heavy (non-hydrogen) atoms. The van der Waals surface area contributed by atoms with Crippen LogP contribution in [0.15, 0.2) is 48.7 Å². The molecular weight excluding hydrogens is 274 g/mol. The predicted molar refractivity (Wildman–Crippen MR) is 88.9 cm³/mol. The summed E-state index contributed by atoms with van der Waals surface area (Å²) >= 11 is 0. The van der Waals surface area contributed by atoms with E-state index in [1.807, 2.05) is 42.1 Å². The molecule has 0 spiro atoms.